The quantitative estimate of drug-likeness (QED) is 0.0908. The van der Waals surface area contributed by atoms with Crippen molar-refractivity contribution in [1.82, 2.24) is 20.6 Å². The summed E-state index contributed by atoms with van der Waals surface area (Å²) in [7, 11) is 0. The molecule has 4 aliphatic carbocycles. The number of fused-ring (bicyclic) bond motifs is 4. The molecule has 6 N–H and O–H groups in total. The zero-order valence-corrected chi connectivity index (χ0v) is 34.3. The fourth-order valence-electron chi connectivity index (χ4n) is 9.54. The minimum absolute atomic E-state index is 0.118. The average molecular weight is 801 g/mol. The van der Waals surface area contributed by atoms with Crippen molar-refractivity contribution in [3.05, 3.63) is 131 Å². The van der Waals surface area contributed by atoms with Crippen molar-refractivity contribution in [3.63, 3.8) is 0 Å². The summed E-state index contributed by atoms with van der Waals surface area (Å²) in [5.74, 6) is 1.78. The Morgan fingerprint density at radius 1 is 0.467 bits per heavy atom. The Kier molecular flexibility index (Phi) is 12.1. The van der Waals surface area contributed by atoms with Crippen LogP contribution < -0.4 is 31.9 Å². The van der Waals surface area contributed by atoms with Gasteiger partial charge in [0.15, 0.2) is 0 Å². The largest absolute Gasteiger partial charge is 0.363 e. The summed E-state index contributed by atoms with van der Waals surface area (Å²) in [4.78, 5) is 34.2. The summed E-state index contributed by atoms with van der Waals surface area (Å²) >= 11 is 0. The van der Waals surface area contributed by atoms with E-state index in [0.717, 1.165) is 96.2 Å². The van der Waals surface area contributed by atoms with E-state index >= 15 is 0 Å². The first-order valence-corrected chi connectivity index (χ1v) is 22.1. The molecular formula is C50H56N8O2. The Morgan fingerprint density at radius 3 is 1.35 bits per heavy atom. The predicted molar refractivity (Wildman–Crippen MR) is 244 cm³/mol. The van der Waals surface area contributed by atoms with Crippen molar-refractivity contribution in [2.75, 3.05) is 21.3 Å². The second kappa shape index (κ2) is 18.4. The van der Waals surface area contributed by atoms with Gasteiger partial charge in [0.05, 0.1) is 23.1 Å². The van der Waals surface area contributed by atoms with E-state index < -0.39 is 0 Å². The normalized spacial score (nSPS) is 18.7. The third-order valence-corrected chi connectivity index (χ3v) is 12.7. The molecule has 10 heteroatoms. The number of nitrogens with one attached hydrogen (secondary N) is 6. The Labute approximate surface area is 352 Å². The minimum atomic E-state index is -0.118. The summed E-state index contributed by atoms with van der Waals surface area (Å²) in [6.45, 7) is 0. The number of benzene rings is 4. The second-order valence-electron chi connectivity index (χ2n) is 16.9. The first-order chi connectivity index (χ1) is 29.5. The van der Waals surface area contributed by atoms with Crippen LogP contribution in [0.4, 0.5) is 32.6 Å². The van der Waals surface area contributed by atoms with Crippen LogP contribution in [0.25, 0.3) is 21.8 Å². The minimum Gasteiger partial charge on any atom is -0.363 e. The first-order valence-electron chi connectivity index (χ1n) is 22.1. The highest BCUT2D eigenvalue weighted by molar-refractivity contribution is 5.94. The molecule has 0 spiro atoms. The predicted octanol–water partition coefficient (Wildman–Crippen LogP) is 11.6. The van der Waals surface area contributed by atoms with E-state index in [1.54, 1.807) is 0 Å². The van der Waals surface area contributed by atoms with Gasteiger partial charge in [-0.1, -0.05) is 87.1 Å². The van der Waals surface area contributed by atoms with Crippen molar-refractivity contribution >= 4 is 56.9 Å². The third-order valence-electron chi connectivity index (χ3n) is 12.7. The maximum absolute atomic E-state index is 12.3. The lowest BCUT2D eigenvalue weighted by molar-refractivity contribution is 0.243. The number of nitrogens with zero attached hydrogens (tertiary/aromatic N) is 2. The van der Waals surface area contributed by atoms with E-state index in [0.29, 0.717) is 24.2 Å². The number of hydrogen-bond acceptors (Lipinski definition) is 6. The fraction of sp³-hybridized carbons (Fsp3) is 0.360. The van der Waals surface area contributed by atoms with Crippen LogP contribution in [0, 0.1) is 0 Å². The van der Waals surface area contributed by atoms with Crippen LogP contribution in [0.5, 0.6) is 0 Å². The summed E-state index contributed by atoms with van der Waals surface area (Å²) in [6.07, 6.45) is 16.1. The van der Waals surface area contributed by atoms with Crippen LogP contribution >= 0.6 is 0 Å². The van der Waals surface area contributed by atoms with Gasteiger partial charge in [-0.2, -0.15) is 0 Å². The molecule has 2 heterocycles. The number of aromatic nitrogens is 2. The number of amides is 4. The number of pyridine rings is 2. The summed E-state index contributed by atoms with van der Waals surface area (Å²) < 4.78 is 0. The Bertz CT molecular complexity index is 2290. The lowest BCUT2D eigenvalue weighted by Crippen LogP contribution is -2.39. The first kappa shape index (κ1) is 39.3. The van der Waals surface area contributed by atoms with Crippen LogP contribution in [-0.4, -0.2) is 34.1 Å². The number of aryl methyl sites for hydroxylation is 2. The van der Waals surface area contributed by atoms with Gasteiger partial charge in [0.2, 0.25) is 0 Å². The molecule has 0 unspecified atom stereocenters. The highest BCUT2D eigenvalue weighted by Crippen LogP contribution is 2.35. The molecule has 2 aromatic heterocycles. The van der Waals surface area contributed by atoms with Crippen LogP contribution in [0.3, 0.4) is 0 Å². The molecule has 60 heavy (non-hydrogen) atoms. The Balaban J connectivity index is 0.000000154. The van der Waals surface area contributed by atoms with Crippen LogP contribution in [0.2, 0.25) is 0 Å². The van der Waals surface area contributed by atoms with E-state index in [1.165, 1.54) is 60.8 Å². The van der Waals surface area contributed by atoms with Gasteiger partial charge >= 0.3 is 12.1 Å². The lowest BCUT2D eigenvalue weighted by Gasteiger charge is -2.22. The van der Waals surface area contributed by atoms with Crippen molar-refractivity contribution < 1.29 is 9.59 Å². The zero-order chi connectivity index (χ0) is 40.7. The molecule has 4 aliphatic rings. The SMILES string of the molecule is O=C(Nc1ccc2nc(N[C@@H]3CCc4ccccc43)ccc2c1)NC1CCCCC1.O=C(Nc1ccc2nc(N[C@@H]3CCc4ccccc43)ccc2c1)NC1CCCCC1. The third kappa shape index (κ3) is 9.65. The van der Waals surface area contributed by atoms with Gasteiger partial charge in [0, 0.05) is 34.2 Å². The lowest BCUT2D eigenvalue weighted by atomic mass is 9.96. The molecule has 4 amide bonds. The van der Waals surface area contributed by atoms with E-state index in [4.69, 9.17) is 9.97 Å². The van der Waals surface area contributed by atoms with Gasteiger partial charge in [-0.05, 0) is 134 Å². The summed E-state index contributed by atoms with van der Waals surface area (Å²) in [5, 5.41) is 21.4. The van der Waals surface area contributed by atoms with Gasteiger partial charge in [0.1, 0.15) is 11.6 Å². The molecular weight excluding hydrogens is 745 g/mol. The maximum Gasteiger partial charge on any atom is 0.319 e. The Morgan fingerprint density at radius 2 is 0.900 bits per heavy atom. The molecule has 0 saturated heterocycles. The monoisotopic (exact) mass is 800 g/mol. The van der Waals surface area contributed by atoms with Gasteiger partial charge < -0.3 is 31.9 Å². The summed E-state index contributed by atoms with van der Waals surface area (Å²) in [6, 6.07) is 38.2. The molecule has 2 fully saturated rings. The number of urea groups is 2. The number of carbonyl (C=O) groups is 2. The fourth-order valence-corrected chi connectivity index (χ4v) is 9.54. The Hall–Kier alpha value is -6.16. The molecule has 0 bridgehead atoms. The molecule has 308 valence electrons. The highest BCUT2D eigenvalue weighted by atomic mass is 16.2. The number of carbonyl (C=O) groups excluding carboxylic acids is 2. The average Bonchev–Trinajstić information content (AvgIpc) is 3.88. The second-order valence-corrected chi connectivity index (χ2v) is 16.9. The van der Waals surface area contributed by atoms with Gasteiger partial charge in [-0.15, -0.1) is 0 Å². The van der Waals surface area contributed by atoms with Crippen molar-refractivity contribution in [1.29, 1.82) is 0 Å². The molecule has 0 radical (unpaired) electrons. The number of anilines is 4. The molecule has 2 saturated carbocycles. The smallest absolute Gasteiger partial charge is 0.319 e. The van der Waals surface area contributed by atoms with Gasteiger partial charge in [-0.25, -0.2) is 19.6 Å². The van der Waals surface area contributed by atoms with Crippen LogP contribution in [0.15, 0.2) is 109 Å². The molecule has 10 nitrogen and oxygen atoms in total. The van der Waals surface area contributed by atoms with Crippen molar-refractivity contribution in [2.45, 2.75) is 114 Å². The van der Waals surface area contributed by atoms with Crippen molar-refractivity contribution in [2.24, 2.45) is 0 Å². The molecule has 6 aromatic rings. The van der Waals surface area contributed by atoms with Crippen LogP contribution in [0.1, 0.15) is 111 Å². The van der Waals surface area contributed by atoms with Gasteiger partial charge in [0.25, 0.3) is 0 Å². The standard InChI is InChI=1S/2C25H28N4O/c2*30-25(26-19-7-2-1-3-8-19)27-20-12-14-22-18(16-20)11-15-24(28-22)29-23-13-10-17-6-4-5-9-21(17)23/h2*4-6,9,11-12,14-16,19,23H,1-3,7-8,10,13H2,(H,28,29)(H2,26,27,30)/t2*23-/m11/s1. The molecule has 0 aliphatic heterocycles. The number of rotatable bonds is 8. The zero-order valence-electron chi connectivity index (χ0n) is 34.3. The van der Waals surface area contributed by atoms with E-state index in [2.05, 4.69) is 92.6 Å². The van der Waals surface area contributed by atoms with Crippen molar-refractivity contribution in [3.8, 4) is 0 Å². The summed E-state index contributed by atoms with van der Waals surface area (Å²) in [5.41, 5.74) is 9.04. The van der Waals surface area contributed by atoms with E-state index in [9.17, 15) is 9.59 Å². The van der Waals surface area contributed by atoms with Gasteiger partial charge in [-0.3, -0.25) is 0 Å². The molecule has 4 aromatic carbocycles. The van der Waals surface area contributed by atoms with E-state index in [-0.39, 0.29) is 12.1 Å². The number of hydrogen-bond donors (Lipinski definition) is 6. The van der Waals surface area contributed by atoms with E-state index in [1.807, 2.05) is 48.5 Å². The highest BCUT2D eigenvalue weighted by Gasteiger charge is 2.24. The van der Waals surface area contributed by atoms with Crippen LogP contribution in [-0.2, 0) is 12.8 Å². The molecule has 10 rings (SSSR count). The maximum atomic E-state index is 12.3. The molecule has 2 atom stereocenters. The topological polar surface area (TPSA) is 132 Å².